The van der Waals surface area contributed by atoms with Gasteiger partial charge in [-0.2, -0.15) is 0 Å². The lowest BCUT2D eigenvalue weighted by Crippen LogP contribution is -2.25. The highest BCUT2D eigenvalue weighted by Gasteiger charge is 2.07. The maximum Gasteiger partial charge on any atom is 0.219 e. The predicted molar refractivity (Wildman–Crippen MR) is 46.9 cm³/mol. The molecule has 0 heterocycles. The summed E-state index contributed by atoms with van der Waals surface area (Å²) in [4.78, 5) is 10.6. The zero-order valence-electron chi connectivity index (χ0n) is 7.19. The van der Waals surface area contributed by atoms with Crippen LogP contribution >= 0.6 is 0 Å². The maximum atomic E-state index is 10.6. The number of phenols is 1. The van der Waals surface area contributed by atoms with Crippen molar-refractivity contribution in [2.45, 2.75) is 13.2 Å². The van der Waals surface area contributed by atoms with Crippen LogP contribution in [0, 0.1) is 0 Å². The van der Waals surface area contributed by atoms with Crippen LogP contribution in [0.4, 0.5) is 0 Å². The van der Waals surface area contributed by atoms with Gasteiger partial charge in [0.2, 0.25) is 5.91 Å². The van der Waals surface area contributed by atoms with E-state index in [4.69, 9.17) is 5.11 Å². The lowest BCUT2D eigenvalue weighted by molar-refractivity contribution is -0.122. The Morgan fingerprint density at radius 1 is 1.38 bits per heavy atom. The van der Waals surface area contributed by atoms with Crippen molar-refractivity contribution in [1.29, 1.82) is 0 Å². The van der Waals surface area contributed by atoms with Crippen LogP contribution in [-0.2, 0) is 4.79 Å². The van der Waals surface area contributed by atoms with Crippen LogP contribution in [0.1, 0.15) is 18.7 Å². The molecule has 0 aliphatic carbocycles. The Hall–Kier alpha value is -1.55. The average Bonchev–Trinajstić information content (AvgIpc) is 2.04. The van der Waals surface area contributed by atoms with E-state index in [1.165, 1.54) is 31.2 Å². The number of carbonyl (C=O) groups is 1. The third-order valence-electron chi connectivity index (χ3n) is 1.55. The summed E-state index contributed by atoms with van der Waals surface area (Å²) in [6, 6.07) is 5.96. The molecule has 0 radical (unpaired) electrons. The molecule has 3 N–H and O–H groups in total. The first-order valence-corrected chi connectivity index (χ1v) is 3.83. The van der Waals surface area contributed by atoms with E-state index in [1.807, 2.05) is 0 Å². The number of aliphatic hydroxyl groups excluding tert-OH is 1. The Kier molecular flexibility index (Phi) is 2.87. The Balaban J connectivity index is 2.71. The zero-order valence-corrected chi connectivity index (χ0v) is 7.19. The van der Waals surface area contributed by atoms with Crippen molar-refractivity contribution in [3.05, 3.63) is 29.8 Å². The molecule has 1 rings (SSSR count). The van der Waals surface area contributed by atoms with Gasteiger partial charge in [0.25, 0.3) is 0 Å². The molecule has 0 saturated heterocycles. The minimum Gasteiger partial charge on any atom is -0.508 e. The summed E-state index contributed by atoms with van der Waals surface area (Å²) in [5, 5.41) is 20.6. The quantitative estimate of drug-likeness (QED) is 0.582. The van der Waals surface area contributed by atoms with Crippen molar-refractivity contribution in [3.8, 4) is 5.75 Å². The van der Waals surface area contributed by atoms with Gasteiger partial charge in [-0.1, -0.05) is 12.1 Å². The SMILES string of the molecule is CC(=O)NC(O)c1ccc(O)cc1. The van der Waals surface area contributed by atoms with Crippen molar-refractivity contribution in [2.75, 3.05) is 0 Å². The number of aliphatic hydroxyl groups is 1. The number of hydrogen-bond donors (Lipinski definition) is 3. The molecule has 1 atom stereocenters. The van der Waals surface area contributed by atoms with Gasteiger partial charge < -0.3 is 15.5 Å². The zero-order chi connectivity index (χ0) is 9.84. The molecular weight excluding hydrogens is 170 g/mol. The number of amides is 1. The maximum absolute atomic E-state index is 10.6. The van der Waals surface area contributed by atoms with Crippen LogP contribution < -0.4 is 5.32 Å². The molecule has 70 valence electrons. The second-order valence-electron chi connectivity index (χ2n) is 2.69. The fourth-order valence-electron chi connectivity index (χ4n) is 0.932. The normalized spacial score (nSPS) is 12.2. The summed E-state index contributed by atoms with van der Waals surface area (Å²) in [7, 11) is 0. The molecule has 1 aromatic rings. The minimum atomic E-state index is -1.02. The van der Waals surface area contributed by atoms with E-state index in [9.17, 15) is 9.90 Å². The topological polar surface area (TPSA) is 69.6 Å². The Labute approximate surface area is 75.8 Å². The molecule has 0 bridgehead atoms. The van der Waals surface area contributed by atoms with Gasteiger partial charge in [-0.05, 0) is 12.1 Å². The molecule has 0 aliphatic heterocycles. The number of hydrogen-bond acceptors (Lipinski definition) is 3. The van der Waals surface area contributed by atoms with Crippen molar-refractivity contribution >= 4 is 5.91 Å². The number of benzene rings is 1. The predicted octanol–water partition coefficient (Wildman–Crippen LogP) is 0.519. The summed E-state index contributed by atoms with van der Waals surface area (Å²) in [5.41, 5.74) is 0.535. The van der Waals surface area contributed by atoms with E-state index in [0.29, 0.717) is 5.56 Å². The van der Waals surface area contributed by atoms with E-state index in [0.717, 1.165) is 0 Å². The molecule has 0 saturated carbocycles. The van der Waals surface area contributed by atoms with Crippen molar-refractivity contribution < 1.29 is 15.0 Å². The first-order valence-electron chi connectivity index (χ1n) is 3.83. The molecule has 0 fully saturated rings. The number of nitrogens with one attached hydrogen (secondary N) is 1. The van der Waals surface area contributed by atoms with E-state index in [-0.39, 0.29) is 11.7 Å². The molecule has 1 amide bonds. The highest BCUT2D eigenvalue weighted by atomic mass is 16.3. The molecule has 4 heteroatoms. The summed E-state index contributed by atoms with van der Waals surface area (Å²) < 4.78 is 0. The summed E-state index contributed by atoms with van der Waals surface area (Å²) in [6.07, 6.45) is -1.02. The van der Waals surface area contributed by atoms with E-state index in [1.54, 1.807) is 0 Å². The number of phenolic OH excluding ortho intramolecular Hbond substituents is 1. The fourth-order valence-corrected chi connectivity index (χ4v) is 0.932. The third kappa shape index (κ3) is 2.76. The van der Waals surface area contributed by atoms with Gasteiger partial charge >= 0.3 is 0 Å². The molecule has 0 spiro atoms. The Bertz CT molecular complexity index is 294. The van der Waals surface area contributed by atoms with Crippen LogP contribution in [0.5, 0.6) is 5.75 Å². The first-order chi connectivity index (χ1) is 6.09. The molecule has 0 aromatic heterocycles. The third-order valence-corrected chi connectivity index (χ3v) is 1.55. The first kappa shape index (κ1) is 9.54. The lowest BCUT2D eigenvalue weighted by Gasteiger charge is -2.11. The highest BCUT2D eigenvalue weighted by molar-refractivity contribution is 5.73. The average molecular weight is 181 g/mol. The minimum absolute atomic E-state index is 0.124. The van der Waals surface area contributed by atoms with Gasteiger partial charge in [0.15, 0.2) is 6.23 Å². The van der Waals surface area contributed by atoms with Gasteiger partial charge in [-0.3, -0.25) is 4.79 Å². The van der Waals surface area contributed by atoms with Crippen molar-refractivity contribution in [3.63, 3.8) is 0 Å². The number of aromatic hydroxyl groups is 1. The second-order valence-corrected chi connectivity index (χ2v) is 2.69. The standard InChI is InChI=1S/C9H11NO3/c1-6(11)10-9(13)7-2-4-8(12)5-3-7/h2-5,9,12-13H,1H3,(H,10,11). The monoisotopic (exact) mass is 181 g/mol. The second kappa shape index (κ2) is 3.91. The van der Waals surface area contributed by atoms with Gasteiger partial charge in [0, 0.05) is 12.5 Å². The molecular formula is C9H11NO3. The van der Waals surface area contributed by atoms with Crippen LogP contribution in [0.25, 0.3) is 0 Å². The molecule has 13 heavy (non-hydrogen) atoms. The van der Waals surface area contributed by atoms with Crippen LogP contribution in [0.3, 0.4) is 0 Å². The van der Waals surface area contributed by atoms with Gasteiger partial charge in [-0.25, -0.2) is 0 Å². The smallest absolute Gasteiger partial charge is 0.219 e. The molecule has 4 nitrogen and oxygen atoms in total. The lowest BCUT2D eigenvalue weighted by atomic mass is 10.2. The van der Waals surface area contributed by atoms with Gasteiger partial charge in [0.1, 0.15) is 5.75 Å². The molecule has 0 aliphatic rings. The molecule has 1 unspecified atom stereocenters. The van der Waals surface area contributed by atoms with Crippen molar-refractivity contribution in [2.24, 2.45) is 0 Å². The largest absolute Gasteiger partial charge is 0.508 e. The Morgan fingerprint density at radius 2 is 1.92 bits per heavy atom. The van der Waals surface area contributed by atoms with E-state index >= 15 is 0 Å². The highest BCUT2D eigenvalue weighted by Crippen LogP contribution is 2.14. The number of rotatable bonds is 2. The van der Waals surface area contributed by atoms with Crippen LogP contribution in [0.2, 0.25) is 0 Å². The van der Waals surface area contributed by atoms with E-state index < -0.39 is 6.23 Å². The van der Waals surface area contributed by atoms with E-state index in [2.05, 4.69) is 5.32 Å². The number of carbonyl (C=O) groups excluding carboxylic acids is 1. The van der Waals surface area contributed by atoms with Gasteiger partial charge in [0.05, 0.1) is 0 Å². The fraction of sp³-hybridized carbons (Fsp3) is 0.222. The van der Waals surface area contributed by atoms with Crippen LogP contribution in [-0.4, -0.2) is 16.1 Å². The van der Waals surface area contributed by atoms with Crippen molar-refractivity contribution in [1.82, 2.24) is 5.32 Å². The Morgan fingerprint density at radius 3 is 2.38 bits per heavy atom. The van der Waals surface area contributed by atoms with Crippen LogP contribution in [0.15, 0.2) is 24.3 Å². The summed E-state index contributed by atoms with van der Waals surface area (Å²) in [6.45, 7) is 1.32. The summed E-state index contributed by atoms with van der Waals surface area (Å²) in [5.74, 6) is -0.181. The summed E-state index contributed by atoms with van der Waals surface area (Å²) >= 11 is 0. The van der Waals surface area contributed by atoms with Gasteiger partial charge in [-0.15, -0.1) is 0 Å². The molecule has 1 aromatic carbocycles.